The van der Waals surface area contributed by atoms with Crippen LogP contribution in [0.3, 0.4) is 0 Å². The zero-order valence-corrected chi connectivity index (χ0v) is 22.5. The average Bonchev–Trinajstić information content (AvgIpc) is 3.26. The number of hydrogen-bond acceptors (Lipinski definition) is 4. The second-order valence-corrected chi connectivity index (χ2v) is 11.2. The summed E-state index contributed by atoms with van der Waals surface area (Å²) < 4.78 is 5.72. The van der Waals surface area contributed by atoms with Gasteiger partial charge < -0.3 is 14.5 Å². The molecule has 3 aromatic rings. The quantitative estimate of drug-likeness (QED) is 0.342. The summed E-state index contributed by atoms with van der Waals surface area (Å²) in [4.78, 5) is 17.2. The predicted molar refractivity (Wildman–Crippen MR) is 149 cm³/mol. The van der Waals surface area contributed by atoms with E-state index in [2.05, 4.69) is 35.2 Å². The Balaban J connectivity index is 1.60. The van der Waals surface area contributed by atoms with Crippen molar-refractivity contribution in [1.82, 2.24) is 4.90 Å². The van der Waals surface area contributed by atoms with Gasteiger partial charge in [-0.05, 0) is 86.6 Å². The first kappa shape index (κ1) is 26.6. The number of anilines is 1. The fraction of sp³-hybridized carbons (Fsp3) is 0.355. The summed E-state index contributed by atoms with van der Waals surface area (Å²) in [6.07, 6.45) is 0.635. The lowest BCUT2D eigenvalue weighted by atomic mass is 9.89. The van der Waals surface area contributed by atoms with Crippen LogP contribution in [0.25, 0.3) is 0 Å². The third-order valence-electron chi connectivity index (χ3n) is 6.65. The van der Waals surface area contributed by atoms with E-state index >= 15 is 0 Å². The molecule has 0 radical (unpaired) electrons. The van der Waals surface area contributed by atoms with E-state index in [0.717, 1.165) is 24.2 Å². The third kappa shape index (κ3) is 7.50. The molecular formula is C31H34ClN3O2. The molecule has 4 rings (SSSR count). The molecule has 0 spiro atoms. The van der Waals surface area contributed by atoms with Crippen molar-refractivity contribution in [3.63, 3.8) is 0 Å². The van der Waals surface area contributed by atoms with Gasteiger partial charge in [-0.15, -0.1) is 0 Å². The number of ether oxygens (including phenoxy) is 1. The molecular weight excluding hydrogens is 482 g/mol. The lowest BCUT2D eigenvalue weighted by Gasteiger charge is -2.30. The molecule has 192 valence electrons. The van der Waals surface area contributed by atoms with Gasteiger partial charge >= 0.3 is 6.09 Å². The Labute approximate surface area is 225 Å². The highest BCUT2D eigenvalue weighted by Crippen LogP contribution is 2.31. The molecule has 37 heavy (non-hydrogen) atoms. The van der Waals surface area contributed by atoms with Crippen LogP contribution in [-0.2, 0) is 17.7 Å². The van der Waals surface area contributed by atoms with Crippen LogP contribution in [0.4, 0.5) is 10.5 Å². The molecule has 0 aliphatic carbocycles. The standard InChI is InChI=1S/C31H34ClN3O2/c1-31(2,3)37-30(36)35-20-26(17-23-8-5-4-6-9-23)27(22-35)21-34(29-14-12-28(32)13-15-29)19-25-11-7-10-24(16-25)18-33/h4-16,26-27H,17,19-22H2,1-3H3. The van der Waals surface area contributed by atoms with Gasteiger partial charge in [0.25, 0.3) is 0 Å². The van der Waals surface area contributed by atoms with Crippen molar-refractivity contribution in [2.45, 2.75) is 39.3 Å². The van der Waals surface area contributed by atoms with Crippen LogP contribution < -0.4 is 4.90 Å². The number of likely N-dealkylation sites (tertiary alicyclic amines) is 1. The van der Waals surface area contributed by atoms with Crippen molar-refractivity contribution in [3.8, 4) is 6.07 Å². The maximum Gasteiger partial charge on any atom is 0.410 e. The smallest absolute Gasteiger partial charge is 0.410 e. The Morgan fingerprint density at radius 1 is 1.00 bits per heavy atom. The Bertz CT molecular complexity index is 1230. The molecule has 1 aliphatic heterocycles. The summed E-state index contributed by atoms with van der Waals surface area (Å²) in [6.45, 7) is 8.40. The highest BCUT2D eigenvalue weighted by molar-refractivity contribution is 6.30. The van der Waals surface area contributed by atoms with Gasteiger partial charge in [-0.3, -0.25) is 0 Å². The first-order chi connectivity index (χ1) is 17.7. The number of nitrogens with zero attached hydrogens (tertiary/aromatic N) is 3. The minimum atomic E-state index is -0.537. The number of carbonyl (C=O) groups is 1. The summed E-state index contributed by atoms with van der Waals surface area (Å²) in [5, 5.41) is 10.1. The lowest BCUT2D eigenvalue weighted by molar-refractivity contribution is 0.0284. The van der Waals surface area contributed by atoms with Crippen molar-refractivity contribution < 1.29 is 9.53 Å². The highest BCUT2D eigenvalue weighted by atomic mass is 35.5. The van der Waals surface area contributed by atoms with E-state index in [1.54, 1.807) is 0 Å². The first-order valence-electron chi connectivity index (χ1n) is 12.7. The van der Waals surface area contributed by atoms with E-state index in [1.807, 2.05) is 80.3 Å². The van der Waals surface area contributed by atoms with Crippen LogP contribution in [0.5, 0.6) is 0 Å². The van der Waals surface area contributed by atoms with Gasteiger partial charge in [-0.25, -0.2) is 4.79 Å². The Kier molecular flexibility index (Phi) is 8.41. The second kappa shape index (κ2) is 11.7. The number of carbonyl (C=O) groups excluding carboxylic acids is 1. The number of halogens is 1. The highest BCUT2D eigenvalue weighted by Gasteiger charge is 2.38. The number of benzene rings is 3. The molecule has 1 aliphatic rings. The molecule has 0 saturated carbocycles. The van der Waals surface area contributed by atoms with E-state index < -0.39 is 5.60 Å². The maximum absolute atomic E-state index is 13.0. The lowest BCUT2D eigenvalue weighted by Crippen LogP contribution is -2.36. The van der Waals surface area contributed by atoms with Crippen molar-refractivity contribution >= 4 is 23.4 Å². The summed E-state index contributed by atoms with van der Waals surface area (Å²) in [5.74, 6) is 0.526. The summed E-state index contributed by atoms with van der Waals surface area (Å²) in [6, 6.07) is 28.3. The Morgan fingerprint density at radius 2 is 1.68 bits per heavy atom. The molecule has 1 fully saturated rings. The average molecular weight is 516 g/mol. The monoisotopic (exact) mass is 515 g/mol. The van der Waals surface area contributed by atoms with Crippen molar-refractivity contribution in [1.29, 1.82) is 5.26 Å². The van der Waals surface area contributed by atoms with Crippen LogP contribution >= 0.6 is 11.6 Å². The fourth-order valence-electron chi connectivity index (χ4n) is 4.93. The molecule has 1 amide bonds. The van der Waals surface area contributed by atoms with Gasteiger partial charge in [0.15, 0.2) is 0 Å². The summed E-state index contributed by atoms with van der Waals surface area (Å²) in [7, 11) is 0. The SMILES string of the molecule is CC(C)(C)OC(=O)N1CC(Cc2ccccc2)C(CN(Cc2cccc(C#N)c2)c2ccc(Cl)cc2)C1. The number of hydrogen-bond donors (Lipinski definition) is 0. The van der Waals surface area contributed by atoms with Gasteiger partial charge in [0.2, 0.25) is 0 Å². The van der Waals surface area contributed by atoms with Gasteiger partial charge in [0.05, 0.1) is 11.6 Å². The normalized spacial score (nSPS) is 17.3. The molecule has 0 bridgehead atoms. The molecule has 0 N–H and O–H groups in total. The summed E-state index contributed by atoms with van der Waals surface area (Å²) >= 11 is 6.19. The molecule has 3 aromatic carbocycles. The number of rotatable bonds is 7. The zero-order chi connectivity index (χ0) is 26.4. The minimum Gasteiger partial charge on any atom is -0.444 e. The van der Waals surface area contributed by atoms with Crippen molar-refractivity contribution in [2.75, 3.05) is 24.5 Å². The summed E-state index contributed by atoms with van der Waals surface area (Å²) in [5.41, 5.74) is 3.50. The minimum absolute atomic E-state index is 0.238. The molecule has 1 saturated heterocycles. The van der Waals surface area contributed by atoms with Crippen LogP contribution in [-0.4, -0.2) is 36.2 Å². The van der Waals surface area contributed by atoms with Crippen molar-refractivity contribution in [3.05, 3.63) is 101 Å². The van der Waals surface area contributed by atoms with E-state index in [1.165, 1.54) is 5.56 Å². The third-order valence-corrected chi connectivity index (χ3v) is 6.90. The van der Waals surface area contributed by atoms with Crippen LogP contribution in [0, 0.1) is 23.2 Å². The molecule has 2 unspecified atom stereocenters. The van der Waals surface area contributed by atoms with Gasteiger partial charge in [0.1, 0.15) is 5.60 Å². The number of amides is 1. The maximum atomic E-state index is 13.0. The van der Waals surface area contributed by atoms with Crippen LogP contribution in [0.2, 0.25) is 5.02 Å². The van der Waals surface area contributed by atoms with Gasteiger partial charge in [-0.1, -0.05) is 54.1 Å². The van der Waals surface area contributed by atoms with E-state index in [-0.39, 0.29) is 17.9 Å². The van der Waals surface area contributed by atoms with Gasteiger partial charge in [0, 0.05) is 36.9 Å². The van der Waals surface area contributed by atoms with Gasteiger partial charge in [-0.2, -0.15) is 5.26 Å². The second-order valence-electron chi connectivity index (χ2n) is 10.8. The largest absolute Gasteiger partial charge is 0.444 e. The molecule has 2 atom stereocenters. The van der Waals surface area contributed by atoms with Crippen LogP contribution in [0.15, 0.2) is 78.9 Å². The molecule has 0 aromatic heterocycles. The fourth-order valence-corrected chi connectivity index (χ4v) is 5.05. The topological polar surface area (TPSA) is 56.6 Å². The van der Waals surface area contributed by atoms with Crippen molar-refractivity contribution in [2.24, 2.45) is 11.8 Å². The molecule has 1 heterocycles. The predicted octanol–water partition coefficient (Wildman–Crippen LogP) is 6.94. The van der Waals surface area contributed by atoms with E-state index in [0.29, 0.717) is 30.2 Å². The van der Waals surface area contributed by atoms with Crippen LogP contribution in [0.1, 0.15) is 37.5 Å². The zero-order valence-electron chi connectivity index (χ0n) is 21.7. The number of nitriles is 1. The first-order valence-corrected chi connectivity index (χ1v) is 13.1. The Morgan fingerprint density at radius 3 is 2.35 bits per heavy atom. The van der Waals surface area contributed by atoms with E-state index in [9.17, 15) is 10.1 Å². The Hall–Kier alpha value is -3.49. The van der Waals surface area contributed by atoms with E-state index in [4.69, 9.17) is 16.3 Å². The molecule has 6 heteroatoms. The molecule has 5 nitrogen and oxygen atoms in total.